The Bertz CT molecular complexity index is 426. The van der Waals surface area contributed by atoms with Crippen LogP contribution < -0.4 is 5.32 Å². The molecule has 1 fully saturated rings. The van der Waals surface area contributed by atoms with Crippen LogP contribution in [-0.2, 0) is 11.2 Å². The van der Waals surface area contributed by atoms with Crippen molar-refractivity contribution in [2.24, 2.45) is 5.92 Å². The fourth-order valence-electron chi connectivity index (χ4n) is 1.79. The lowest BCUT2D eigenvalue weighted by Crippen LogP contribution is -2.34. The highest BCUT2D eigenvalue weighted by atomic mass is 35.5. The van der Waals surface area contributed by atoms with Gasteiger partial charge in [-0.2, -0.15) is 0 Å². The lowest BCUT2D eigenvalue weighted by molar-refractivity contribution is -0.120. The summed E-state index contributed by atoms with van der Waals surface area (Å²) >= 11 is 12.0. The maximum atomic E-state index is 11.7. The van der Waals surface area contributed by atoms with Crippen molar-refractivity contribution in [1.82, 2.24) is 5.32 Å². The molecule has 1 aliphatic rings. The van der Waals surface area contributed by atoms with Crippen molar-refractivity contribution >= 4 is 29.1 Å². The second-order valence-electron chi connectivity index (χ2n) is 4.59. The molecule has 1 aromatic carbocycles. The summed E-state index contributed by atoms with van der Waals surface area (Å²) in [5.74, 6) is 0.180. The first-order valence-corrected chi connectivity index (χ1v) is 6.71. The highest BCUT2D eigenvalue weighted by Gasteiger charge is 2.29. The number of hydrogen-bond donors (Lipinski definition) is 2. The molecule has 0 aromatic heterocycles. The van der Waals surface area contributed by atoms with Crippen LogP contribution in [0.2, 0.25) is 10.0 Å². The minimum absolute atomic E-state index is 0.135. The molecular formula is C13H15Cl2NO2. The van der Waals surface area contributed by atoms with E-state index in [1.807, 2.05) is 0 Å². The Labute approximate surface area is 116 Å². The van der Waals surface area contributed by atoms with Crippen LogP contribution in [0.3, 0.4) is 0 Å². The monoisotopic (exact) mass is 287 g/mol. The molecule has 2 rings (SSSR count). The molecule has 0 radical (unpaired) electrons. The number of amides is 1. The molecular weight excluding hydrogens is 273 g/mol. The molecule has 0 saturated heterocycles. The summed E-state index contributed by atoms with van der Waals surface area (Å²) in [6.45, 7) is 0.297. The van der Waals surface area contributed by atoms with Gasteiger partial charge in [-0.1, -0.05) is 29.3 Å². The Balaban J connectivity index is 1.86. The molecule has 1 amide bonds. The first-order valence-electron chi connectivity index (χ1n) is 5.95. The van der Waals surface area contributed by atoms with Gasteiger partial charge in [0.2, 0.25) is 5.91 Å². The van der Waals surface area contributed by atoms with Gasteiger partial charge in [-0.25, -0.2) is 0 Å². The zero-order valence-corrected chi connectivity index (χ0v) is 11.3. The van der Waals surface area contributed by atoms with E-state index in [-0.39, 0.29) is 12.3 Å². The van der Waals surface area contributed by atoms with E-state index in [4.69, 9.17) is 23.2 Å². The molecule has 0 bridgehead atoms. The van der Waals surface area contributed by atoms with Crippen LogP contribution in [-0.4, -0.2) is 23.7 Å². The first kappa shape index (κ1) is 13.7. The molecule has 98 valence electrons. The number of hydrogen-bond acceptors (Lipinski definition) is 2. The quantitative estimate of drug-likeness (QED) is 0.874. The molecule has 18 heavy (non-hydrogen) atoms. The van der Waals surface area contributed by atoms with Gasteiger partial charge in [0, 0.05) is 16.6 Å². The summed E-state index contributed by atoms with van der Waals surface area (Å²) in [6.07, 6.45) is 1.80. The zero-order chi connectivity index (χ0) is 13.1. The molecule has 1 saturated carbocycles. The Kier molecular flexibility index (Phi) is 4.49. The van der Waals surface area contributed by atoms with Crippen molar-refractivity contribution in [1.29, 1.82) is 0 Å². The van der Waals surface area contributed by atoms with Crippen LogP contribution in [0.5, 0.6) is 0 Å². The Morgan fingerprint density at radius 3 is 2.56 bits per heavy atom. The van der Waals surface area contributed by atoms with Crippen molar-refractivity contribution in [2.45, 2.75) is 25.4 Å². The third kappa shape index (κ3) is 3.61. The molecule has 5 heteroatoms. The van der Waals surface area contributed by atoms with E-state index in [9.17, 15) is 9.90 Å². The van der Waals surface area contributed by atoms with Gasteiger partial charge in [0.15, 0.2) is 0 Å². The average Bonchev–Trinajstić information content (AvgIpc) is 3.15. The number of aliphatic hydroxyl groups excluding tert-OH is 1. The van der Waals surface area contributed by atoms with Crippen molar-refractivity contribution in [2.75, 3.05) is 6.54 Å². The minimum Gasteiger partial charge on any atom is -0.391 e. The van der Waals surface area contributed by atoms with Gasteiger partial charge in [-0.15, -0.1) is 0 Å². The topological polar surface area (TPSA) is 49.3 Å². The second-order valence-corrected chi connectivity index (χ2v) is 5.40. The summed E-state index contributed by atoms with van der Waals surface area (Å²) in [6, 6.07) is 5.15. The Morgan fingerprint density at radius 1 is 1.39 bits per heavy atom. The number of rotatable bonds is 5. The number of carbonyl (C=O) groups is 1. The maximum Gasteiger partial charge on any atom is 0.224 e. The molecule has 1 atom stereocenters. The largest absolute Gasteiger partial charge is 0.391 e. The molecule has 2 N–H and O–H groups in total. The van der Waals surface area contributed by atoms with Gasteiger partial charge in [0.1, 0.15) is 0 Å². The summed E-state index contributed by atoms with van der Waals surface area (Å²) in [4.78, 5) is 11.7. The Morgan fingerprint density at radius 2 is 2.00 bits per heavy atom. The van der Waals surface area contributed by atoms with Gasteiger partial charge in [-0.3, -0.25) is 4.79 Å². The van der Waals surface area contributed by atoms with Crippen LogP contribution in [0.15, 0.2) is 18.2 Å². The molecule has 1 unspecified atom stereocenters. The molecule has 0 aliphatic heterocycles. The lowest BCUT2D eigenvalue weighted by Gasteiger charge is -2.11. The molecule has 3 nitrogen and oxygen atoms in total. The summed E-state index contributed by atoms with van der Waals surface area (Å²) < 4.78 is 0. The summed E-state index contributed by atoms with van der Waals surface area (Å²) in [7, 11) is 0. The van der Waals surface area contributed by atoms with E-state index in [1.54, 1.807) is 18.2 Å². The first-order chi connectivity index (χ1) is 8.58. The number of nitrogens with one attached hydrogen (secondary N) is 1. The lowest BCUT2D eigenvalue weighted by atomic mass is 10.1. The summed E-state index contributed by atoms with van der Waals surface area (Å²) in [5.41, 5.74) is 0.624. The van der Waals surface area contributed by atoms with Gasteiger partial charge in [-0.05, 0) is 36.5 Å². The van der Waals surface area contributed by atoms with Crippen LogP contribution in [0.25, 0.3) is 0 Å². The second kappa shape index (κ2) is 5.91. The normalized spacial score (nSPS) is 16.4. The van der Waals surface area contributed by atoms with E-state index >= 15 is 0 Å². The van der Waals surface area contributed by atoms with Crippen molar-refractivity contribution < 1.29 is 9.90 Å². The third-order valence-corrected chi connectivity index (χ3v) is 3.78. The predicted molar refractivity (Wildman–Crippen MR) is 71.9 cm³/mol. The van der Waals surface area contributed by atoms with Crippen molar-refractivity contribution in [3.8, 4) is 0 Å². The minimum atomic E-state index is -0.435. The third-order valence-electron chi connectivity index (χ3n) is 3.07. The van der Waals surface area contributed by atoms with E-state index in [0.717, 1.165) is 12.8 Å². The number of halogens is 2. The van der Waals surface area contributed by atoms with Crippen LogP contribution >= 0.6 is 23.2 Å². The van der Waals surface area contributed by atoms with E-state index in [2.05, 4.69) is 5.32 Å². The molecule has 1 aliphatic carbocycles. The predicted octanol–water partition coefficient (Wildman–Crippen LogP) is 2.42. The molecule has 0 spiro atoms. The van der Waals surface area contributed by atoms with Crippen molar-refractivity contribution in [3.05, 3.63) is 33.8 Å². The Hall–Kier alpha value is -0.770. The smallest absolute Gasteiger partial charge is 0.224 e. The van der Waals surface area contributed by atoms with E-state index < -0.39 is 6.10 Å². The summed E-state index contributed by atoms with van der Waals surface area (Å²) in [5, 5.41) is 13.3. The average molecular weight is 288 g/mol. The highest BCUT2D eigenvalue weighted by Crippen LogP contribution is 2.32. The fourth-order valence-corrected chi connectivity index (χ4v) is 2.32. The maximum absolute atomic E-state index is 11.7. The van der Waals surface area contributed by atoms with Crippen LogP contribution in [0.1, 0.15) is 18.4 Å². The van der Waals surface area contributed by atoms with E-state index in [0.29, 0.717) is 28.1 Å². The van der Waals surface area contributed by atoms with Crippen LogP contribution in [0, 0.1) is 5.92 Å². The highest BCUT2D eigenvalue weighted by molar-refractivity contribution is 6.36. The number of carbonyl (C=O) groups excluding carboxylic acids is 1. The van der Waals surface area contributed by atoms with Gasteiger partial charge >= 0.3 is 0 Å². The molecule has 1 aromatic rings. The van der Waals surface area contributed by atoms with Gasteiger partial charge in [0.25, 0.3) is 0 Å². The van der Waals surface area contributed by atoms with Crippen molar-refractivity contribution in [3.63, 3.8) is 0 Å². The zero-order valence-electron chi connectivity index (χ0n) is 9.83. The van der Waals surface area contributed by atoms with Gasteiger partial charge in [0.05, 0.1) is 12.5 Å². The molecule has 0 heterocycles. The number of aliphatic hydroxyl groups is 1. The standard InChI is InChI=1S/C13H15Cl2NO2/c14-10-2-1-3-11(15)9(10)6-13(18)16-7-12(17)8-4-5-8/h1-3,8,12,17H,4-7H2,(H,16,18). The number of benzene rings is 1. The van der Waals surface area contributed by atoms with E-state index in [1.165, 1.54) is 0 Å². The SMILES string of the molecule is O=C(Cc1c(Cl)cccc1Cl)NCC(O)C1CC1. The van der Waals surface area contributed by atoms with Crippen LogP contribution in [0.4, 0.5) is 0 Å². The fraction of sp³-hybridized carbons (Fsp3) is 0.462. The van der Waals surface area contributed by atoms with Gasteiger partial charge < -0.3 is 10.4 Å².